The predicted molar refractivity (Wildman–Crippen MR) is 96.7 cm³/mol. The van der Waals surface area contributed by atoms with Crippen LogP contribution in [-0.2, 0) is 16.6 Å². The van der Waals surface area contributed by atoms with Crippen LogP contribution in [0.2, 0.25) is 0 Å². The van der Waals surface area contributed by atoms with Gasteiger partial charge in [-0.2, -0.15) is 0 Å². The van der Waals surface area contributed by atoms with E-state index < -0.39 is 10.0 Å². The van der Waals surface area contributed by atoms with Crippen LogP contribution in [0, 0.1) is 10.5 Å². The van der Waals surface area contributed by atoms with E-state index in [-0.39, 0.29) is 4.90 Å². The van der Waals surface area contributed by atoms with Crippen molar-refractivity contribution in [1.29, 1.82) is 0 Å². The summed E-state index contributed by atoms with van der Waals surface area (Å²) in [7, 11) is -3.67. The molecule has 0 radical (unpaired) electrons. The summed E-state index contributed by atoms with van der Waals surface area (Å²) in [6.45, 7) is 2.13. The maximum absolute atomic E-state index is 12.6. The standard InChI is InChI=1S/C14H14BrIN2O2S/c1-9-5-10(8-17)6-13(14(9)15)21(19,20)18-12-4-2-3-11(16)7-12/h2-7,18H,8,17H2,1H3. The number of benzene rings is 2. The Balaban J connectivity index is 2.47. The number of nitrogens with two attached hydrogens (primary N) is 1. The lowest BCUT2D eigenvalue weighted by atomic mass is 10.1. The monoisotopic (exact) mass is 480 g/mol. The zero-order chi connectivity index (χ0) is 15.6. The summed E-state index contributed by atoms with van der Waals surface area (Å²) < 4.78 is 29.2. The molecule has 0 aliphatic heterocycles. The van der Waals surface area contributed by atoms with Gasteiger partial charge in [0.25, 0.3) is 10.0 Å². The minimum absolute atomic E-state index is 0.196. The highest BCUT2D eigenvalue weighted by molar-refractivity contribution is 14.1. The van der Waals surface area contributed by atoms with Gasteiger partial charge in [-0.15, -0.1) is 0 Å². The van der Waals surface area contributed by atoms with E-state index in [9.17, 15) is 8.42 Å². The second-order valence-electron chi connectivity index (χ2n) is 4.54. The number of rotatable bonds is 4. The largest absolute Gasteiger partial charge is 0.326 e. The molecule has 0 aliphatic carbocycles. The lowest BCUT2D eigenvalue weighted by molar-refractivity contribution is 0.600. The Morgan fingerprint density at radius 1 is 1.29 bits per heavy atom. The third kappa shape index (κ3) is 3.97. The predicted octanol–water partition coefficient (Wildman–Crippen LogP) is 3.62. The molecule has 0 aromatic heterocycles. The lowest BCUT2D eigenvalue weighted by Gasteiger charge is -2.13. The molecule has 3 N–H and O–H groups in total. The first-order valence-corrected chi connectivity index (χ1v) is 9.46. The summed E-state index contributed by atoms with van der Waals surface area (Å²) in [6.07, 6.45) is 0. The van der Waals surface area contributed by atoms with Crippen molar-refractivity contribution in [3.05, 3.63) is 55.6 Å². The molecule has 112 valence electrons. The Bertz CT molecular complexity index is 779. The summed E-state index contributed by atoms with van der Waals surface area (Å²) in [4.78, 5) is 0.196. The average molecular weight is 481 g/mol. The summed E-state index contributed by atoms with van der Waals surface area (Å²) >= 11 is 5.48. The van der Waals surface area contributed by atoms with Crippen LogP contribution in [0.4, 0.5) is 5.69 Å². The van der Waals surface area contributed by atoms with Gasteiger partial charge in [-0.25, -0.2) is 8.42 Å². The zero-order valence-corrected chi connectivity index (χ0v) is 15.8. The van der Waals surface area contributed by atoms with Crippen LogP contribution in [0.15, 0.2) is 45.8 Å². The maximum atomic E-state index is 12.6. The van der Waals surface area contributed by atoms with Crippen LogP contribution in [0.3, 0.4) is 0 Å². The first kappa shape index (κ1) is 16.7. The SMILES string of the molecule is Cc1cc(CN)cc(S(=O)(=O)Nc2cccc(I)c2)c1Br. The van der Waals surface area contributed by atoms with E-state index in [1.807, 2.05) is 19.1 Å². The molecule has 0 aliphatic rings. The summed E-state index contributed by atoms with van der Waals surface area (Å²) in [5.74, 6) is 0. The summed E-state index contributed by atoms with van der Waals surface area (Å²) in [5, 5.41) is 0. The molecule has 2 aromatic rings. The number of sulfonamides is 1. The van der Waals surface area contributed by atoms with Gasteiger partial charge in [-0.3, -0.25) is 4.72 Å². The van der Waals surface area contributed by atoms with Gasteiger partial charge in [-0.05, 0) is 80.8 Å². The number of hydrogen-bond acceptors (Lipinski definition) is 3. The van der Waals surface area contributed by atoms with Crippen molar-refractivity contribution >= 4 is 54.2 Å². The molecule has 0 spiro atoms. The molecular weight excluding hydrogens is 467 g/mol. The Morgan fingerprint density at radius 2 is 2.00 bits per heavy atom. The molecule has 4 nitrogen and oxygen atoms in total. The van der Waals surface area contributed by atoms with E-state index in [4.69, 9.17) is 5.73 Å². The van der Waals surface area contributed by atoms with Crippen LogP contribution in [-0.4, -0.2) is 8.42 Å². The highest BCUT2D eigenvalue weighted by Gasteiger charge is 2.20. The van der Waals surface area contributed by atoms with Crippen molar-refractivity contribution in [2.45, 2.75) is 18.4 Å². The molecule has 2 aromatic carbocycles. The van der Waals surface area contributed by atoms with Crippen LogP contribution < -0.4 is 10.5 Å². The zero-order valence-electron chi connectivity index (χ0n) is 11.2. The molecule has 7 heteroatoms. The highest BCUT2D eigenvalue weighted by Crippen LogP contribution is 2.29. The van der Waals surface area contributed by atoms with E-state index in [2.05, 4.69) is 43.2 Å². The molecule has 0 unspecified atom stereocenters. The third-order valence-electron chi connectivity index (χ3n) is 2.88. The Morgan fingerprint density at radius 3 is 2.62 bits per heavy atom. The topological polar surface area (TPSA) is 72.2 Å². The van der Waals surface area contributed by atoms with Gasteiger partial charge in [0.2, 0.25) is 0 Å². The highest BCUT2D eigenvalue weighted by atomic mass is 127. The van der Waals surface area contributed by atoms with E-state index in [1.54, 1.807) is 24.3 Å². The summed E-state index contributed by atoms with van der Waals surface area (Å²) in [6, 6.07) is 10.6. The fourth-order valence-corrected chi connectivity index (χ4v) is 4.55. The molecule has 0 amide bonds. The molecule has 2 rings (SSSR count). The molecule has 0 saturated carbocycles. The lowest BCUT2D eigenvalue weighted by Crippen LogP contribution is -2.15. The molecular formula is C14H14BrIN2O2S. The van der Waals surface area contributed by atoms with Gasteiger partial charge in [-0.1, -0.05) is 12.1 Å². The first-order chi connectivity index (χ1) is 9.83. The smallest absolute Gasteiger partial charge is 0.263 e. The number of anilines is 1. The van der Waals surface area contributed by atoms with Crippen LogP contribution >= 0.6 is 38.5 Å². The Kier molecular flexibility index (Phi) is 5.29. The van der Waals surface area contributed by atoms with Gasteiger partial charge >= 0.3 is 0 Å². The number of nitrogens with one attached hydrogen (secondary N) is 1. The van der Waals surface area contributed by atoms with Gasteiger partial charge in [0.15, 0.2) is 0 Å². The first-order valence-electron chi connectivity index (χ1n) is 6.11. The van der Waals surface area contributed by atoms with Crippen molar-refractivity contribution in [2.24, 2.45) is 5.73 Å². The Hall–Kier alpha value is -0.640. The normalized spacial score (nSPS) is 11.4. The van der Waals surface area contributed by atoms with Crippen molar-refractivity contribution < 1.29 is 8.42 Å². The molecule has 21 heavy (non-hydrogen) atoms. The van der Waals surface area contributed by atoms with Crippen molar-refractivity contribution in [3.8, 4) is 0 Å². The van der Waals surface area contributed by atoms with Gasteiger partial charge in [0.1, 0.15) is 4.90 Å². The fraction of sp³-hybridized carbons (Fsp3) is 0.143. The molecule has 0 saturated heterocycles. The number of aryl methyl sites for hydroxylation is 1. The molecule has 0 atom stereocenters. The fourth-order valence-electron chi connectivity index (χ4n) is 1.88. The van der Waals surface area contributed by atoms with Crippen LogP contribution in [0.1, 0.15) is 11.1 Å². The van der Waals surface area contributed by atoms with Crippen molar-refractivity contribution in [3.63, 3.8) is 0 Å². The van der Waals surface area contributed by atoms with Gasteiger partial charge < -0.3 is 5.73 Å². The van der Waals surface area contributed by atoms with E-state index in [1.165, 1.54) is 0 Å². The second-order valence-corrected chi connectivity index (χ2v) is 8.23. The van der Waals surface area contributed by atoms with Gasteiger partial charge in [0, 0.05) is 20.3 Å². The summed E-state index contributed by atoms with van der Waals surface area (Å²) in [5.41, 5.74) is 7.76. The number of hydrogen-bond donors (Lipinski definition) is 2. The number of halogens is 2. The van der Waals surface area contributed by atoms with Crippen molar-refractivity contribution in [2.75, 3.05) is 4.72 Å². The molecule has 0 bridgehead atoms. The second kappa shape index (κ2) is 6.64. The Labute approximate surface area is 146 Å². The van der Waals surface area contributed by atoms with E-state index >= 15 is 0 Å². The van der Waals surface area contributed by atoms with Gasteiger partial charge in [0.05, 0.1) is 0 Å². The van der Waals surface area contributed by atoms with Crippen molar-refractivity contribution in [1.82, 2.24) is 0 Å². The third-order valence-corrected chi connectivity index (χ3v) is 6.27. The van der Waals surface area contributed by atoms with E-state index in [0.29, 0.717) is 16.7 Å². The maximum Gasteiger partial charge on any atom is 0.263 e. The van der Waals surface area contributed by atoms with Crippen LogP contribution in [0.25, 0.3) is 0 Å². The average Bonchev–Trinajstić information content (AvgIpc) is 2.41. The quantitative estimate of drug-likeness (QED) is 0.656. The minimum Gasteiger partial charge on any atom is -0.326 e. The van der Waals surface area contributed by atoms with Crippen LogP contribution in [0.5, 0.6) is 0 Å². The van der Waals surface area contributed by atoms with E-state index in [0.717, 1.165) is 14.7 Å². The minimum atomic E-state index is -3.67. The molecule has 0 heterocycles. The molecule has 0 fully saturated rings.